The van der Waals surface area contributed by atoms with Gasteiger partial charge in [0.2, 0.25) is 0 Å². The van der Waals surface area contributed by atoms with Gasteiger partial charge in [-0.05, 0) is 25.2 Å². The fourth-order valence-corrected chi connectivity index (χ4v) is 1.97. The topological polar surface area (TPSA) is 29.9 Å². The second-order valence-electron chi connectivity index (χ2n) is 3.52. The molecule has 1 heterocycles. The Labute approximate surface area is 103 Å². The number of nitrogens with zero attached hydrogens (tertiary/aromatic N) is 2. The number of hydrogen-bond donors (Lipinski definition) is 1. The van der Waals surface area contributed by atoms with Crippen LogP contribution in [0.3, 0.4) is 0 Å². The Balaban J connectivity index is 2.54. The SMILES string of the molecule is CCNCc1cnc(C)n1CCSC(F)(F)F. The van der Waals surface area contributed by atoms with Crippen LogP contribution in [0.15, 0.2) is 6.20 Å². The molecule has 0 aliphatic rings. The molecule has 7 heteroatoms. The molecule has 17 heavy (non-hydrogen) atoms. The molecule has 1 rings (SSSR count). The van der Waals surface area contributed by atoms with Crippen molar-refractivity contribution in [3.05, 3.63) is 17.7 Å². The summed E-state index contributed by atoms with van der Waals surface area (Å²) >= 11 is 0.00404. The highest BCUT2D eigenvalue weighted by molar-refractivity contribution is 8.00. The molecule has 98 valence electrons. The normalized spacial score (nSPS) is 12.1. The van der Waals surface area contributed by atoms with Crippen molar-refractivity contribution in [1.29, 1.82) is 0 Å². The number of thioether (sulfide) groups is 1. The van der Waals surface area contributed by atoms with Gasteiger partial charge in [-0.25, -0.2) is 4.98 Å². The van der Waals surface area contributed by atoms with E-state index in [1.807, 2.05) is 11.5 Å². The molecule has 0 radical (unpaired) electrons. The maximum atomic E-state index is 12.0. The van der Waals surface area contributed by atoms with E-state index in [1.54, 1.807) is 13.1 Å². The Bertz CT molecular complexity index is 349. The Hall–Kier alpha value is -0.690. The van der Waals surface area contributed by atoms with Gasteiger partial charge >= 0.3 is 5.51 Å². The van der Waals surface area contributed by atoms with E-state index in [0.29, 0.717) is 13.1 Å². The summed E-state index contributed by atoms with van der Waals surface area (Å²) < 4.78 is 37.9. The lowest BCUT2D eigenvalue weighted by atomic mass is 10.4. The molecule has 1 aromatic heterocycles. The highest BCUT2D eigenvalue weighted by atomic mass is 32.2. The molecule has 0 aromatic carbocycles. The van der Waals surface area contributed by atoms with Crippen molar-refractivity contribution in [3.8, 4) is 0 Å². The fourth-order valence-electron chi connectivity index (χ4n) is 1.47. The van der Waals surface area contributed by atoms with E-state index in [0.717, 1.165) is 18.1 Å². The van der Waals surface area contributed by atoms with Crippen LogP contribution in [-0.4, -0.2) is 27.4 Å². The van der Waals surface area contributed by atoms with E-state index in [2.05, 4.69) is 10.3 Å². The molecule has 0 unspecified atom stereocenters. The van der Waals surface area contributed by atoms with Crippen molar-refractivity contribution in [2.45, 2.75) is 32.4 Å². The quantitative estimate of drug-likeness (QED) is 0.859. The molecule has 0 fully saturated rings. The van der Waals surface area contributed by atoms with Gasteiger partial charge in [0.25, 0.3) is 0 Å². The number of rotatable bonds is 6. The number of halogens is 3. The fraction of sp³-hybridized carbons (Fsp3) is 0.700. The maximum Gasteiger partial charge on any atom is 0.441 e. The zero-order valence-corrected chi connectivity index (χ0v) is 10.7. The first-order chi connectivity index (χ1) is 7.94. The van der Waals surface area contributed by atoms with Gasteiger partial charge in [-0.3, -0.25) is 0 Å². The minimum Gasteiger partial charge on any atom is -0.330 e. The molecule has 0 spiro atoms. The predicted octanol–water partition coefficient (Wildman–Crippen LogP) is 2.55. The smallest absolute Gasteiger partial charge is 0.330 e. The molecule has 0 bridgehead atoms. The lowest BCUT2D eigenvalue weighted by Crippen LogP contribution is -2.17. The van der Waals surface area contributed by atoms with Crippen LogP contribution < -0.4 is 5.32 Å². The second-order valence-corrected chi connectivity index (χ2v) is 4.68. The standard InChI is InChI=1S/C10H16F3N3S/c1-3-14-6-9-7-15-8(2)16(9)4-5-17-10(11,12)13/h7,14H,3-6H2,1-2H3. The summed E-state index contributed by atoms with van der Waals surface area (Å²) in [6.45, 7) is 5.56. The first kappa shape index (κ1) is 14.4. The average Bonchev–Trinajstić information content (AvgIpc) is 2.56. The Morgan fingerprint density at radius 1 is 1.47 bits per heavy atom. The number of imidazole rings is 1. The largest absolute Gasteiger partial charge is 0.441 e. The van der Waals surface area contributed by atoms with Crippen molar-refractivity contribution in [2.24, 2.45) is 0 Å². The highest BCUT2D eigenvalue weighted by Gasteiger charge is 2.27. The van der Waals surface area contributed by atoms with Crippen LogP contribution in [0.4, 0.5) is 13.2 Å². The lowest BCUT2D eigenvalue weighted by Gasteiger charge is -2.11. The van der Waals surface area contributed by atoms with Gasteiger partial charge in [-0.15, -0.1) is 0 Å². The summed E-state index contributed by atoms with van der Waals surface area (Å²) in [4.78, 5) is 4.12. The molecule has 0 aliphatic heterocycles. The van der Waals surface area contributed by atoms with E-state index >= 15 is 0 Å². The summed E-state index contributed by atoms with van der Waals surface area (Å²) in [7, 11) is 0. The second kappa shape index (κ2) is 6.30. The van der Waals surface area contributed by atoms with Crippen LogP contribution in [0.25, 0.3) is 0 Å². The molecule has 1 aromatic rings. The number of nitrogens with one attached hydrogen (secondary N) is 1. The summed E-state index contributed by atoms with van der Waals surface area (Å²) in [6.07, 6.45) is 1.70. The minimum absolute atomic E-state index is 0.00404. The lowest BCUT2D eigenvalue weighted by molar-refractivity contribution is -0.0328. The molecule has 0 saturated heterocycles. The Morgan fingerprint density at radius 2 is 2.18 bits per heavy atom. The van der Waals surface area contributed by atoms with E-state index in [4.69, 9.17) is 0 Å². The van der Waals surface area contributed by atoms with Gasteiger partial charge in [0, 0.05) is 25.0 Å². The van der Waals surface area contributed by atoms with E-state index < -0.39 is 5.51 Å². The minimum atomic E-state index is -4.16. The predicted molar refractivity (Wildman–Crippen MR) is 62.9 cm³/mol. The van der Waals surface area contributed by atoms with Gasteiger partial charge < -0.3 is 9.88 Å². The molecular formula is C10H16F3N3S. The first-order valence-electron chi connectivity index (χ1n) is 5.36. The van der Waals surface area contributed by atoms with Crippen LogP contribution >= 0.6 is 11.8 Å². The third-order valence-corrected chi connectivity index (χ3v) is 2.99. The molecule has 0 aliphatic carbocycles. The average molecular weight is 267 g/mol. The van der Waals surface area contributed by atoms with Crippen LogP contribution in [0, 0.1) is 6.92 Å². The third-order valence-electron chi connectivity index (χ3n) is 2.27. The van der Waals surface area contributed by atoms with Gasteiger partial charge in [-0.1, -0.05) is 6.92 Å². The summed E-state index contributed by atoms with van der Waals surface area (Å²) in [6, 6.07) is 0. The van der Waals surface area contributed by atoms with Crippen LogP contribution in [0.2, 0.25) is 0 Å². The van der Waals surface area contributed by atoms with Crippen LogP contribution in [0.1, 0.15) is 18.4 Å². The molecule has 0 atom stereocenters. The Morgan fingerprint density at radius 3 is 2.76 bits per heavy atom. The van der Waals surface area contributed by atoms with Crippen molar-refractivity contribution in [2.75, 3.05) is 12.3 Å². The molecule has 3 nitrogen and oxygen atoms in total. The van der Waals surface area contributed by atoms with E-state index in [1.165, 1.54) is 0 Å². The summed E-state index contributed by atoms with van der Waals surface area (Å²) in [5.41, 5.74) is -3.23. The number of hydrogen-bond acceptors (Lipinski definition) is 3. The monoisotopic (exact) mass is 267 g/mol. The van der Waals surface area contributed by atoms with E-state index in [-0.39, 0.29) is 17.5 Å². The number of alkyl halides is 3. The highest BCUT2D eigenvalue weighted by Crippen LogP contribution is 2.30. The van der Waals surface area contributed by atoms with E-state index in [9.17, 15) is 13.2 Å². The third kappa shape index (κ3) is 4.99. The van der Waals surface area contributed by atoms with Gasteiger partial charge in [0.1, 0.15) is 5.82 Å². The van der Waals surface area contributed by atoms with Crippen molar-refractivity contribution in [1.82, 2.24) is 14.9 Å². The molecule has 1 N–H and O–H groups in total. The molecule has 0 saturated carbocycles. The van der Waals surface area contributed by atoms with Gasteiger partial charge in [-0.2, -0.15) is 13.2 Å². The summed E-state index contributed by atoms with van der Waals surface area (Å²) in [5.74, 6) is 0.764. The first-order valence-corrected chi connectivity index (χ1v) is 6.35. The maximum absolute atomic E-state index is 12.0. The van der Waals surface area contributed by atoms with Crippen molar-refractivity contribution in [3.63, 3.8) is 0 Å². The molecule has 0 amide bonds. The molecular weight excluding hydrogens is 251 g/mol. The zero-order chi connectivity index (χ0) is 12.9. The van der Waals surface area contributed by atoms with Gasteiger partial charge in [0.15, 0.2) is 0 Å². The number of aryl methyl sites for hydroxylation is 1. The van der Waals surface area contributed by atoms with Crippen LogP contribution in [-0.2, 0) is 13.1 Å². The number of aromatic nitrogens is 2. The van der Waals surface area contributed by atoms with Crippen molar-refractivity contribution >= 4 is 11.8 Å². The summed E-state index contributed by atoms with van der Waals surface area (Å²) in [5, 5.41) is 3.14. The zero-order valence-electron chi connectivity index (χ0n) is 9.84. The van der Waals surface area contributed by atoms with Crippen molar-refractivity contribution < 1.29 is 13.2 Å². The van der Waals surface area contributed by atoms with Gasteiger partial charge in [0.05, 0.1) is 5.69 Å². The Kier molecular flexibility index (Phi) is 5.32. The van der Waals surface area contributed by atoms with Crippen LogP contribution in [0.5, 0.6) is 0 Å².